The number of aromatic hydroxyl groups is 1. The fourth-order valence-electron chi connectivity index (χ4n) is 2.06. The van der Waals surface area contributed by atoms with Crippen LogP contribution in [0.3, 0.4) is 0 Å². The molecule has 3 rings (SSSR count). The van der Waals surface area contributed by atoms with Crippen molar-refractivity contribution in [3.63, 3.8) is 0 Å². The quantitative estimate of drug-likeness (QED) is 0.588. The number of carboxylic acids is 1. The molecule has 0 spiro atoms. The molecule has 1 atom stereocenters. The van der Waals surface area contributed by atoms with Crippen LogP contribution in [0.25, 0.3) is 0 Å². The van der Waals surface area contributed by atoms with Crippen LogP contribution in [0.2, 0.25) is 0 Å². The zero-order valence-electron chi connectivity index (χ0n) is 17.0. The van der Waals surface area contributed by atoms with Gasteiger partial charge in [0.25, 0.3) is 0 Å². The minimum Gasteiger partial charge on any atom is -0.508 e. The fraction of sp³-hybridized carbons (Fsp3) is 0.364. The Balaban J connectivity index is 0.000000267. The molecule has 0 saturated carbocycles. The molecule has 7 heteroatoms. The second-order valence-electron chi connectivity index (χ2n) is 6.87. The molecule has 2 aromatic rings. The Bertz CT molecular complexity index is 800. The molecule has 0 aliphatic carbocycles. The van der Waals surface area contributed by atoms with E-state index in [9.17, 15) is 19.1 Å². The maximum atomic E-state index is 11.9. The Morgan fingerprint density at radius 3 is 2.10 bits per heavy atom. The Hall–Kier alpha value is -2.93. The zero-order valence-corrected chi connectivity index (χ0v) is 17.0. The van der Waals surface area contributed by atoms with Crippen LogP contribution in [-0.4, -0.2) is 35.4 Å². The van der Waals surface area contributed by atoms with Crippen molar-refractivity contribution in [2.75, 3.05) is 13.2 Å². The lowest BCUT2D eigenvalue weighted by Gasteiger charge is -2.14. The number of benzene rings is 2. The maximum Gasteiger partial charge on any atom is 0.305 e. The van der Waals surface area contributed by atoms with Gasteiger partial charge in [0.15, 0.2) is 5.60 Å². The molecule has 1 heterocycles. The van der Waals surface area contributed by atoms with Gasteiger partial charge in [0, 0.05) is 12.5 Å². The van der Waals surface area contributed by atoms with Crippen molar-refractivity contribution < 1.29 is 33.7 Å². The van der Waals surface area contributed by atoms with E-state index in [1.54, 1.807) is 44.2 Å². The van der Waals surface area contributed by atoms with Crippen molar-refractivity contribution in [3.05, 3.63) is 65.5 Å². The van der Waals surface area contributed by atoms with Crippen LogP contribution < -0.4 is 0 Å². The summed E-state index contributed by atoms with van der Waals surface area (Å²) in [6, 6.07) is 13.3. The first-order chi connectivity index (χ1) is 13.6. The average molecular weight is 406 g/mol. The standard InChI is InChI=1S/C12H14O4.C6H5F.C4H8O2/c1-8-3-4-10(11(14)5-8)12(7-16-12)6-15-9(2)13;7-6-4-2-1-3-5-6;1-3(2)4(5)6/h3-5,14H,6-7H2,1-2H3;1-5H;3H,1-2H3,(H,5,6). The summed E-state index contributed by atoms with van der Waals surface area (Å²) in [6.45, 7) is 7.15. The number of carbonyl (C=O) groups is 2. The van der Waals surface area contributed by atoms with Crippen LogP contribution in [-0.2, 0) is 24.7 Å². The number of carbonyl (C=O) groups excluding carboxylic acids is 1. The molecule has 1 unspecified atom stereocenters. The molecular formula is C22H27FO6. The number of aliphatic carboxylic acids is 1. The lowest BCUT2D eigenvalue weighted by molar-refractivity contribution is -0.143. The van der Waals surface area contributed by atoms with Crippen LogP contribution in [0.5, 0.6) is 5.75 Å². The molecule has 1 aliphatic rings. The van der Waals surface area contributed by atoms with Gasteiger partial charge in [-0.15, -0.1) is 0 Å². The summed E-state index contributed by atoms with van der Waals surface area (Å²) in [5, 5.41) is 17.8. The van der Waals surface area contributed by atoms with Crippen molar-refractivity contribution in [2.45, 2.75) is 33.3 Å². The lowest BCUT2D eigenvalue weighted by atomic mass is 9.98. The van der Waals surface area contributed by atoms with Gasteiger partial charge in [-0.05, 0) is 30.7 Å². The number of hydrogen-bond donors (Lipinski definition) is 2. The predicted molar refractivity (Wildman–Crippen MR) is 106 cm³/mol. The van der Waals surface area contributed by atoms with Crippen LogP contribution in [0.1, 0.15) is 31.9 Å². The Kier molecular flexibility index (Phi) is 9.28. The van der Waals surface area contributed by atoms with E-state index in [4.69, 9.17) is 14.6 Å². The second-order valence-corrected chi connectivity index (χ2v) is 6.87. The largest absolute Gasteiger partial charge is 0.508 e. The predicted octanol–water partition coefficient (Wildman–Crippen LogP) is 4.04. The lowest BCUT2D eigenvalue weighted by Crippen LogP contribution is -2.19. The number of halogens is 1. The first-order valence-corrected chi connectivity index (χ1v) is 9.08. The maximum absolute atomic E-state index is 11.9. The highest BCUT2D eigenvalue weighted by molar-refractivity contribution is 5.68. The molecule has 0 aromatic heterocycles. The fourth-order valence-corrected chi connectivity index (χ4v) is 2.06. The molecule has 29 heavy (non-hydrogen) atoms. The summed E-state index contributed by atoms with van der Waals surface area (Å²) in [5.41, 5.74) is 1.02. The SMILES string of the molecule is CC(=O)OCC1(c2ccc(C)cc2O)CO1.CC(C)C(=O)O.Fc1ccccc1. The highest BCUT2D eigenvalue weighted by Crippen LogP contribution is 2.43. The summed E-state index contributed by atoms with van der Waals surface area (Å²) in [7, 11) is 0. The van der Waals surface area contributed by atoms with Crippen molar-refractivity contribution >= 4 is 11.9 Å². The molecular weight excluding hydrogens is 379 g/mol. The average Bonchev–Trinajstić information content (AvgIpc) is 3.42. The minimum absolute atomic E-state index is 0.152. The van der Waals surface area contributed by atoms with E-state index in [2.05, 4.69) is 0 Å². The van der Waals surface area contributed by atoms with E-state index in [-0.39, 0.29) is 30.1 Å². The van der Waals surface area contributed by atoms with Crippen LogP contribution in [0, 0.1) is 18.7 Å². The van der Waals surface area contributed by atoms with E-state index in [0.717, 1.165) is 5.56 Å². The van der Waals surface area contributed by atoms with Gasteiger partial charge in [0.05, 0.1) is 12.5 Å². The molecule has 0 bridgehead atoms. The zero-order chi connectivity index (χ0) is 22.0. The van der Waals surface area contributed by atoms with Gasteiger partial charge < -0.3 is 19.7 Å². The molecule has 6 nitrogen and oxygen atoms in total. The molecule has 1 aliphatic heterocycles. The smallest absolute Gasteiger partial charge is 0.305 e. The highest BCUT2D eigenvalue weighted by Gasteiger charge is 2.49. The number of rotatable bonds is 4. The first-order valence-electron chi connectivity index (χ1n) is 9.08. The molecule has 1 fully saturated rings. The number of hydrogen-bond acceptors (Lipinski definition) is 5. The summed E-state index contributed by atoms with van der Waals surface area (Å²) < 4.78 is 22.2. The van der Waals surface area contributed by atoms with Crippen molar-refractivity contribution in [3.8, 4) is 5.75 Å². The van der Waals surface area contributed by atoms with Gasteiger partial charge in [-0.3, -0.25) is 9.59 Å². The normalized spacial score (nSPS) is 16.6. The van der Waals surface area contributed by atoms with Crippen molar-refractivity contribution in [1.82, 2.24) is 0 Å². The van der Waals surface area contributed by atoms with Gasteiger partial charge >= 0.3 is 11.9 Å². The monoisotopic (exact) mass is 406 g/mol. The molecule has 0 amide bonds. The molecule has 158 valence electrons. The topological polar surface area (TPSA) is 96.4 Å². The van der Waals surface area contributed by atoms with Gasteiger partial charge in [-0.1, -0.05) is 44.2 Å². The number of phenols is 1. The number of carboxylic acid groups (broad SMARTS) is 1. The third-order valence-corrected chi connectivity index (χ3v) is 3.87. The van der Waals surface area contributed by atoms with Crippen molar-refractivity contribution in [1.29, 1.82) is 0 Å². The van der Waals surface area contributed by atoms with Crippen molar-refractivity contribution in [2.24, 2.45) is 5.92 Å². The van der Waals surface area contributed by atoms with Crippen LogP contribution in [0.15, 0.2) is 48.5 Å². The third-order valence-electron chi connectivity index (χ3n) is 3.87. The van der Waals surface area contributed by atoms with Gasteiger partial charge in [0.2, 0.25) is 0 Å². The Morgan fingerprint density at radius 1 is 1.21 bits per heavy atom. The summed E-state index contributed by atoms with van der Waals surface area (Å²) >= 11 is 0. The summed E-state index contributed by atoms with van der Waals surface area (Å²) in [6.07, 6.45) is 0. The number of phenolic OH excluding ortho intramolecular Hbond substituents is 1. The Morgan fingerprint density at radius 2 is 1.76 bits per heavy atom. The van der Waals surface area contributed by atoms with Crippen LogP contribution in [0.4, 0.5) is 4.39 Å². The number of esters is 1. The number of ether oxygens (including phenoxy) is 2. The van der Waals surface area contributed by atoms with Gasteiger partial charge in [0.1, 0.15) is 18.2 Å². The summed E-state index contributed by atoms with van der Waals surface area (Å²) in [5.74, 6) is -1.31. The van der Waals surface area contributed by atoms with E-state index in [1.165, 1.54) is 19.1 Å². The number of aryl methyl sites for hydroxylation is 1. The van der Waals surface area contributed by atoms with E-state index < -0.39 is 11.6 Å². The van der Waals surface area contributed by atoms with E-state index >= 15 is 0 Å². The number of epoxide rings is 1. The van der Waals surface area contributed by atoms with Crippen LogP contribution >= 0.6 is 0 Å². The van der Waals surface area contributed by atoms with Gasteiger partial charge in [-0.25, -0.2) is 4.39 Å². The van der Waals surface area contributed by atoms with E-state index in [1.807, 2.05) is 13.0 Å². The molecule has 1 saturated heterocycles. The Labute approximate surface area is 169 Å². The molecule has 0 radical (unpaired) electrons. The second kappa shape index (κ2) is 11.2. The highest BCUT2D eigenvalue weighted by atomic mass is 19.1. The molecule has 2 aromatic carbocycles. The molecule has 2 N–H and O–H groups in total. The first kappa shape index (κ1) is 24.1. The third kappa shape index (κ3) is 8.74. The van der Waals surface area contributed by atoms with E-state index in [0.29, 0.717) is 12.2 Å². The van der Waals surface area contributed by atoms with Gasteiger partial charge in [-0.2, -0.15) is 0 Å². The summed E-state index contributed by atoms with van der Waals surface area (Å²) in [4.78, 5) is 20.4. The minimum atomic E-state index is -0.741.